The van der Waals surface area contributed by atoms with Crippen LogP contribution in [0, 0.1) is 19.3 Å². The molecule has 138 valence electrons. The van der Waals surface area contributed by atoms with Crippen molar-refractivity contribution >= 4 is 23.2 Å². The van der Waals surface area contributed by atoms with Gasteiger partial charge in [0.25, 0.3) is 0 Å². The highest BCUT2D eigenvalue weighted by atomic mass is 32.1. The summed E-state index contributed by atoms with van der Waals surface area (Å²) >= 11 is 1.84. The van der Waals surface area contributed by atoms with Crippen LogP contribution in [0.4, 0.5) is 0 Å². The second-order valence-electron chi connectivity index (χ2n) is 8.20. The van der Waals surface area contributed by atoms with Crippen molar-refractivity contribution in [3.8, 4) is 5.75 Å². The quantitative estimate of drug-likeness (QED) is 0.527. The fourth-order valence-corrected chi connectivity index (χ4v) is 5.06. The van der Waals surface area contributed by atoms with E-state index < -0.39 is 0 Å². The van der Waals surface area contributed by atoms with Gasteiger partial charge in [-0.3, -0.25) is 4.79 Å². The summed E-state index contributed by atoms with van der Waals surface area (Å²) in [5, 5.41) is 9.90. The van der Waals surface area contributed by atoms with Crippen molar-refractivity contribution in [1.82, 2.24) is 0 Å². The van der Waals surface area contributed by atoms with Gasteiger partial charge >= 0.3 is 0 Å². The standard InChI is InChI=1S/C23H28O2S/c1-6-20-18-13-23(4,5)10-9-17(18)21(26-20)8-7-19(24)16-11-14(2)22(25)15(3)12-16/h7-8,11-12,25H,6,9-10,13H2,1-5H3/b8-7+. The van der Waals surface area contributed by atoms with Crippen LogP contribution >= 0.6 is 11.3 Å². The summed E-state index contributed by atoms with van der Waals surface area (Å²) in [4.78, 5) is 15.3. The summed E-state index contributed by atoms with van der Waals surface area (Å²) in [7, 11) is 0. The number of phenolic OH excluding ortho intramolecular Hbond substituents is 1. The van der Waals surface area contributed by atoms with E-state index in [1.165, 1.54) is 27.3 Å². The lowest BCUT2D eigenvalue weighted by molar-refractivity contribution is 0.104. The molecule has 0 fully saturated rings. The Bertz CT molecular complexity index is 861. The number of carbonyl (C=O) groups is 1. The lowest BCUT2D eigenvalue weighted by Gasteiger charge is -2.30. The van der Waals surface area contributed by atoms with Crippen molar-refractivity contribution in [2.75, 3.05) is 0 Å². The molecule has 0 saturated heterocycles. The summed E-state index contributed by atoms with van der Waals surface area (Å²) in [5.74, 6) is 0.264. The highest BCUT2D eigenvalue weighted by Gasteiger charge is 2.29. The van der Waals surface area contributed by atoms with E-state index in [4.69, 9.17) is 0 Å². The molecule has 0 unspecified atom stereocenters. The molecule has 0 radical (unpaired) electrons. The van der Waals surface area contributed by atoms with E-state index in [1.54, 1.807) is 18.2 Å². The lowest BCUT2D eigenvalue weighted by atomic mass is 9.74. The molecule has 2 aromatic rings. The first kappa shape index (κ1) is 18.9. The van der Waals surface area contributed by atoms with E-state index in [1.807, 2.05) is 31.3 Å². The van der Waals surface area contributed by atoms with Crippen molar-refractivity contribution in [3.05, 3.63) is 55.8 Å². The maximum absolute atomic E-state index is 12.6. The third-order valence-electron chi connectivity index (χ3n) is 5.42. The summed E-state index contributed by atoms with van der Waals surface area (Å²) in [6.45, 7) is 10.6. The largest absolute Gasteiger partial charge is 0.507 e. The molecule has 26 heavy (non-hydrogen) atoms. The van der Waals surface area contributed by atoms with Crippen LogP contribution in [0.3, 0.4) is 0 Å². The number of thiophene rings is 1. The summed E-state index contributed by atoms with van der Waals surface area (Å²) in [5.41, 5.74) is 5.47. The van der Waals surface area contributed by atoms with Gasteiger partial charge in [-0.25, -0.2) is 0 Å². The number of aryl methyl sites for hydroxylation is 3. The van der Waals surface area contributed by atoms with Crippen LogP contribution in [0.15, 0.2) is 18.2 Å². The minimum atomic E-state index is -0.00691. The van der Waals surface area contributed by atoms with Crippen molar-refractivity contribution in [2.45, 2.75) is 60.3 Å². The number of rotatable bonds is 4. The van der Waals surface area contributed by atoms with Crippen molar-refractivity contribution in [2.24, 2.45) is 5.41 Å². The van der Waals surface area contributed by atoms with Crippen LogP contribution in [-0.4, -0.2) is 10.9 Å². The Morgan fingerprint density at radius 1 is 1.23 bits per heavy atom. The smallest absolute Gasteiger partial charge is 0.185 e. The van der Waals surface area contributed by atoms with E-state index in [-0.39, 0.29) is 11.5 Å². The number of benzene rings is 1. The van der Waals surface area contributed by atoms with Gasteiger partial charge in [-0.05, 0) is 91.5 Å². The monoisotopic (exact) mass is 368 g/mol. The first-order valence-corrected chi connectivity index (χ1v) is 10.2. The van der Waals surface area contributed by atoms with Gasteiger partial charge in [-0.15, -0.1) is 11.3 Å². The topological polar surface area (TPSA) is 37.3 Å². The van der Waals surface area contributed by atoms with E-state index in [0.717, 1.165) is 30.4 Å². The average molecular weight is 369 g/mol. The molecule has 1 aromatic carbocycles. The van der Waals surface area contributed by atoms with Crippen molar-refractivity contribution in [3.63, 3.8) is 0 Å². The minimum absolute atomic E-state index is 0.00691. The fraction of sp³-hybridized carbons (Fsp3) is 0.435. The van der Waals surface area contributed by atoms with Gasteiger partial charge in [0.1, 0.15) is 5.75 Å². The molecule has 0 aliphatic heterocycles. The second-order valence-corrected chi connectivity index (χ2v) is 9.33. The van der Waals surface area contributed by atoms with Crippen molar-refractivity contribution < 1.29 is 9.90 Å². The van der Waals surface area contributed by atoms with Crippen LogP contribution in [0.1, 0.15) is 69.6 Å². The van der Waals surface area contributed by atoms with Gasteiger partial charge in [0, 0.05) is 15.3 Å². The molecular formula is C23H28O2S. The molecule has 0 saturated carbocycles. The molecule has 3 heteroatoms. The Morgan fingerprint density at radius 2 is 1.88 bits per heavy atom. The van der Waals surface area contributed by atoms with Crippen LogP contribution in [0.5, 0.6) is 5.75 Å². The SMILES string of the molecule is CCc1sc(/C=C/C(=O)c2cc(C)c(O)c(C)c2)c2c1CC(C)(C)CC2. The zero-order chi connectivity index (χ0) is 19.1. The third kappa shape index (κ3) is 3.64. The lowest BCUT2D eigenvalue weighted by Crippen LogP contribution is -2.22. The summed E-state index contributed by atoms with van der Waals surface area (Å²) in [6.07, 6.45) is 8.19. The molecule has 1 N–H and O–H groups in total. The molecule has 1 aromatic heterocycles. The summed E-state index contributed by atoms with van der Waals surface area (Å²) in [6, 6.07) is 3.53. The van der Waals surface area contributed by atoms with Crippen LogP contribution in [0.25, 0.3) is 6.08 Å². The molecule has 0 spiro atoms. The van der Waals surface area contributed by atoms with E-state index >= 15 is 0 Å². The normalized spacial score (nSPS) is 16.0. The van der Waals surface area contributed by atoms with Crippen LogP contribution in [0.2, 0.25) is 0 Å². The molecule has 1 heterocycles. The van der Waals surface area contributed by atoms with Gasteiger partial charge in [0.05, 0.1) is 0 Å². The number of carbonyl (C=O) groups excluding carboxylic acids is 1. The summed E-state index contributed by atoms with van der Waals surface area (Å²) < 4.78 is 0. The number of phenols is 1. The maximum atomic E-state index is 12.6. The molecule has 0 amide bonds. The molecule has 2 nitrogen and oxygen atoms in total. The second kappa shape index (κ2) is 7.03. The Morgan fingerprint density at radius 3 is 2.50 bits per heavy atom. The predicted octanol–water partition coefficient (Wildman–Crippen LogP) is 6.04. The molecule has 1 aliphatic carbocycles. The highest BCUT2D eigenvalue weighted by Crippen LogP contribution is 2.42. The van der Waals surface area contributed by atoms with Gasteiger partial charge in [0.15, 0.2) is 5.78 Å². The number of allylic oxidation sites excluding steroid dienone is 1. The molecular weight excluding hydrogens is 340 g/mol. The number of hydrogen-bond donors (Lipinski definition) is 1. The van der Waals surface area contributed by atoms with Crippen LogP contribution < -0.4 is 0 Å². The van der Waals surface area contributed by atoms with E-state index in [9.17, 15) is 9.90 Å². The Hall–Kier alpha value is -1.87. The Labute approximate surface area is 160 Å². The fourth-order valence-electron chi connectivity index (χ4n) is 3.85. The highest BCUT2D eigenvalue weighted by molar-refractivity contribution is 7.13. The van der Waals surface area contributed by atoms with E-state index in [2.05, 4.69) is 20.8 Å². The van der Waals surface area contributed by atoms with E-state index in [0.29, 0.717) is 11.0 Å². The number of hydrogen-bond acceptors (Lipinski definition) is 3. The first-order chi connectivity index (χ1) is 12.2. The molecule has 1 aliphatic rings. The molecule has 3 rings (SSSR count). The predicted molar refractivity (Wildman–Crippen MR) is 110 cm³/mol. The Kier molecular flexibility index (Phi) is 5.12. The average Bonchev–Trinajstić information content (AvgIpc) is 2.92. The van der Waals surface area contributed by atoms with Gasteiger partial charge in [0.2, 0.25) is 0 Å². The number of fused-ring (bicyclic) bond motifs is 1. The van der Waals surface area contributed by atoms with Gasteiger partial charge in [-0.1, -0.05) is 20.8 Å². The number of ketones is 1. The molecule has 0 bridgehead atoms. The third-order valence-corrected chi connectivity index (χ3v) is 6.81. The van der Waals surface area contributed by atoms with Gasteiger partial charge in [-0.2, -0.15) is 0 Å². The van der Waals surface area contributed by atoms with Crippen LogP contribution in [-0.2, 0) is 19.3 Å². The number of aromatic hydroxyl groups is 1. The zero-order valence-corrected chi connectivity index (χ0v) is 17.2. The minimum Gasteiger partial charge on any atom is -0.507 e. The first-order valence-electron chi connectivity index (χ1n) is 9.38. The maximum Gasteiger partial charge on any atom is 0.185 e. The van der Waals surface area contributed by atoms with Gasteiger partial charge < -0.3 is 5.11 Å². The zero-order valence-electron chi connectivity index (χ0n) is 16.4. The van der Waals surface area contributed by atoms with Crippen molar-refractivity contribution in [1.29, 1.82) is 0 Å². The molecule has 0 atom stereocenters. The Balaban J connectivity index is 1.90.